The Morgan fingerprint density at radius 2 is 1.88 bits per heavy atom. The van der Waals surface area contributed by atoms with Gasteiger partial charge in [0.05, 0.1) is 14.2 Å². The van der Waals surface area contributed by atoms with E-state index in [0.717, 1.165) is 17.1 Å². The van der Waals surface area contributed by atoms with Crippen LogP contribution < -0.4 is 15.2 Å². The highest BCUT2D eigenvalue weighted by Crippen LogP contribution is 2.38. The molecule has 1 atom stereocenters. The number of rotatable bonds is 4. The Kier molecular flexibility index (Phi) is 3.89. The highest BCUT2D eigenvalue weighted by Gasteiger charge is 2.25. The minimum absolute atomic E-state index is 0.0818. The Balaban J connectivity index is 2.23. The van der Waals surface area contributed by atoms with Crippen LogP contribution in [0.3, 0.4) is 0 Å². The van der Waals surface area contributed by atoms with Gasteiger partial charge in [0.2, 0.25) is 0 Å². The lowest BCUT2D eigenvalue weighted by molar-refractivity contribution is 0.375. The molecule has 0 heterocycles. The Morgan fingerprint density at radius 1 is 1.18 bits per heavy atom. The van der Waals surface area contributed by atoms with Gasteiger partial charge in [0.1, 0.15) is 11.5 Å². The fraction of sp³-hybridized carbons (Fsp3) is 0.571. The van der Waals surface area contributed by atoms with Crippen molar-refractivity contribution >= 4 is 0 Å². The molecule has 94 valence electrons. The molecule has 0 spiro atoms. The smallest absolute Gasteiger partial charge is 0.127 e. The second kappa shape index (κ2) is 5.41. The number of nitrogens with two attached hydrogens (primary N) is 1. The van der Waals surface area contributed by atoms with Crippen LogP contribution in [0, 0.1) is 5.92 Å². The fourth-order valence-corrected chi connectivity index (χ4v) is 2.66. The zero-order valence-electron chi connectivity index (χ0n) is 10.6. The molecule has 0 aromatic heterocycles. The molecular weight excluding hydrogens is 214 g/mol. The van der Waals surface area contributed by atoms with E-state index in [2.05, 4.69) is 0 Å². The lowest BCUT2D eigenvalue weighted by Gasteiger charge is -2.21. The number of hydrogen-bond donors (Lipinski definition) is 1. The Morgan fingerprint density at radius 3 is 2.47 bits per heavy atom. The van der Waals surface area contributed by atoms with Crippen molar-refractivity contribution in [1.82, 2.24) is 0 Å². The summed E-state index contributed by atoms with van der Waals surface area (Å²) in [5.74, 6) is 2.24. The molecule has 0 saturated heterocycles. The molecule has 3 nitrogen and oxygen atoms in total. The molecule has 3 heteroatoms. The zero-order chi connectivity index (χ0) is 12.3. The van der Waals surface area contributed by atoms with Gasteiger partial charge >= 0.3 is 0 Å². The average molecular weight is 235 g/mol. The van der Waals surface area contributed by atoms with Crippen molar-refractivity contribution in [2.24, 2.45) is 11.7 Å². The molecule has 0 amide bonds. The van der Waals surface area contributed by atoms with Gasteiger partial charge in [0.15, 0.2) is 0 Å². The largest absolute Gasteiger partial charge is 0.497 e. The first-order valence-electron chi connectivity index (χ1n) is 6.23. The van der Waals surface area contributed by atoms with Crippen molar-refractivity contribution in [3.63, 3.8) is 0 Å². The van der Waals surface area contributed by atoms with Crippen LogP contribution in [0.1, 0.15) is 37.3 Å². The quantitative estimate of drug-likeness (QED) is 0.872. The first-order valence-corrected chi connectivity index (χ1v) is 6.23. The van der Waals surface area contributed by atoms with Crippen LogP contribution in [0.2, 0.25) is 0 Å². The summed E-state index contributed by atoms with van der Waals surface area (Å²) in [6, 6.07) is 5.97. The summed E-state index contributed by atoms with van der Waals surface area (Å²) in [6.45, 7) is 0. The highest BCUT2D eigenvalue weighted by molar-refractivity contribution is 5.42. The van der Waals surface area contributed by atoms with E-state index in [4.69, 9.17) is 15.2 Å². The molecule has 0 radical (unpaired) electrons. The zero-order valence-corrected chi connectivity index (χ0v) is 10.6. The van der Waals surface area contributed by atoms with Crippen molar-refractivity contribution in [2.75, 3.05) is 14.2 Å². The topological polar surface area (TPSA) is 44.5 Å². The van der Waals surface area contributed by atoms with E-state index in [-0.39, 0.29) is 6.04 Å². The SMILES string of the molecule is COc1ccc([C@@H](N)C2CCCC2)c(OC)c1. The minimum atomic E-state index is 0.0818. The first-order chi connectivity index (χ1) is 8.26. The summed E-state index contributed by atoms with van der Waals surface area (Å²) in [6.07, 6.45) is 5.07. The monoisotopic (exact) mass is 235 g/mol. The van der Waals surface area contributed by atoms with Crippen LogP contribution in [0.4, 0.5) is 0 Å². The third kappa shape index (κ3) is 2.55. The minimum Gasteiger partial charge on any atom is -0.497 e. The second-order valence-electron chi connectivity index (χ2n) is 4.68. The first kappa shape index (κ1) is 12.2. The van der Waals surface area contributed by atoms with Crippen molar-refractivity contribution in [2.45, 2.75) is 31.7 Å². The summed E-state index contributed by atoms with van der Waals surface area (Å²) >= 11 is 0. The Hall–Kier alpha value is -1.22. The van der Waals surface area contributed by atoms with E-state index in [1.807, 2.05) is 18.2 Å². The molecule has 1 aliphatic carbocycles. The summed E-state index contributed by atoms with van der Waals surface area (Å²) in [5, 5.41) is 0. The van der Waals surface area contributed by atoms with Gasteiger partial charge in [-0.15, -0.1) is 0 Å². The van der Waals surface area contributed by atoms with E-state index >= 15 is 0 Å². The molecule has 1 aromatic carbocycles. The van der Waals surface area contributed by atoms with E-state index in [1.165, 1.54) is 25.7 Å². The van der Waals surface area contributed by atoms with Crippen LogP contribution in [-0.4, -0.2) is 14.2 Å². The predicted molar refractivity (Wildman–Crippen MR) is 68.4 cm³/mol. The van der Waals surface area contributed by atoms with Gasteiger partial charge in [-0.3, -0.25) is 0 Å². The molecule has 2 rings (SSSR count). The Bertz CT molecular complexity index is 372. The number of benzene rings is 1. The highest BCUT2D eigenvalue weighted by atomic mass is 16.5. The molecule has 0 unspecified atom stereocenters. The van der Waals surface area contributed by atoms with Crippen LogP contribution in [-0.2, 0) is 0 Å². The molecule has 1 aliphatic rings. The Labute approximate surface area is 103 Å². The summed E-state index contributed by atoms with van der Waals surface area (Å²) < 4.78 is 10.6. The molecule has 17 heavy (non-hydrogen) atoms. The fourth-order valence-electron chi connectivity index (χ4n) is 2.66. The van der Waals surface area contributed by atoms with E-state index in [9.17, 15) is 0 Å². The second-order valence-corrected chi connectivity index (χ2v) is 4.68. The van der Waals surface area contributed by atoms with Gasteiger partial charge in [-0.1, -0.05) is 18.9 Å². The lowest BCUT2D eigenvalue weighted by Crippen LogP contribution is -2.19. The summed E-state index contributed by atoms with van der Waals surface area (Å²) in [7, 11) is 3.34. The number of hydrogen-bond acceptors (Lipinski definition) is 3. The molecule has 0 aliphatic heterocycles. The van der Waals surface area contributed by atoms with E-state index in [0.29, 0.717) is 5.92 Å². The molecular formula is C14H21NO2. The average Bonchev–Trinajstić information content (AvgIpc) is 2.91. The van der Waals surface area contributed by atoms with Gasteiger partial charge in [-0.05, 0) is 24.8 Å². The third-order valence-corrected chi connectivity index (χ3v) is 3.71. The molecule has 1 aromatic rings. The van der Waals surface area contributed by atoms with Gasteiger partial charge in [0.25, 0.3) is 0 Å². The van der Waals surface area contributed by atoms with Gasteiger partial charge in [0, 0.05) is 17.7 Å². The van der Waals surface area contributed by atoms with Crippen molar-refractivity contribution in [3.8, 4) is 11.5 Å². The molecule has 0 bridgehead atoms. The summed E-state index contributed by atoms with van der Waals surface area (Å²) in [4.78, 5) is 0. The normalized spacial score (nSPS) is 18.1. The van der Waals surface area contributed by atoms with Gasteiger partial charge in [-0.2, -0.15) is 0 Å². The van der Waals surface area contributed by atoms with Crippen molar-refractivity contribution in [3.05, 3.63) is 23.8 Å². The van der Waals surface area contributed by atoms with Gasteiger partial charge < -0.3 is 15.2 Å². The van der Waals surface area contributed by atoms with E-state index in [1.54, 1.807) is 14.2 Å². The molecule has 1 fully saturated rings. The number of ether oxygens (including phenoxy) is 2. The standard InChI is InChI=1S/C14H21NO2/c1-16-11-7-8-12(13(9-11)17-2)14(15)10-5-3-4-6-10/h7-10,14H,3-6,15H2,1-2H3/t14-/m0/s1. The van der Waals surface area contributed by atoms with Crippen LogP contribution >= 0.6 is 0 Å². The maximum Gasteiger partial charge on any atom is 0.127 e. The maximum atomic E-state index is 6.35. The van der Waals surface area contributed by atoms with Crippen molar-refractivity contribution < 1.29 is 9.47 Å². The van der Waals surface area contributed by atoms with Crippen LogP contribution in [0.25, 0.3) is 0 Å². The van der Waals surface area contributed by atoms with Crippen molar-refractivity contribution in [1.29, 1.82) is 0 Å². The lowest BCUT2D eigenvalue weighted by atomic mass is 9.92. The van der Waals surface area contributed by atoms with Crippen LogP contribution in [0.5, 0.6) is 11.5 Å². The third-order valence-electron chi connectivity index (χ3n) is 3.71. The van der Waals surface area contributed by atoms with E-state index < -0.39 is 0 Å². The van der Waals surface area contributed by atoms with Crippen LogP contribution in [0.15, 0.2) is 18.2 Å². The molecule has 1 saturated carbocycles. The predicted octanol–water partition coefficient (Wildman–Crippen LogP) is 2.89. The number of methoxy groups -OCH3 is 2. The molecule has 2 N–H and O–H groups in total. The maximum absolute atomic E-state index is 6.35. The summed E-state index contributed by atoms with van der Waals surface area (Å²) in [5.41, 5.74) is 7.44. The van der Waals surface area contributed by atoms with Gasteiger partial charge in [-0.25, -0.2) is 0 Å².